The Morgan fingerprint density at radius 3 is 2.24 bits per heavy atom. The van der Waals surface area contributed by atoms with Crippen molar-refractivity contribution < 1.29 is 4.74 Å². The van der Waals surface area contributed by atoms with Gasteiger partial charge in [-0.2, -0.15) is 0 Å². The van der Waals surface area contributed by atoms with Gasteiger partial charge in [-0.1, -0.05) is 61.5 Å². The maximum absolute atomic E-state index is 6.53. The van der Waals surface area contributed by atoms with Gasteiger partial charge in [0.2, 0.25) is 0 Å². The van der Waals surface area contributed by atoms with E-state index in [0.717, 1.165) is 34.7 Å². The SMILES string of the molecule is CCc1cc2c(c3ccccc13)Oc1c(ccc3ccccc13)N2C. The van der Waals surface area contributed by atoms with E-state index in [4.69, 9.17) is 4.74 Å². The first-order valence-electron chi connectivity index (χ1n) is 8.76. The third-order valence-electron chi connectivity index (χ3n) is 5.23. The standard InChI is InChI=1S/C23H19NO/c1-3-15-14-21-23(19-11-7-6-9-17(15)19)25-22-18-10-5-4-8-16(18)12-13-20(22)24(21)2/h4-14H,3H2,1-2H3. The van der Waals surface area contributed by atoms with Gasteiger partial charge in [-0.05, 0) is 34.9 Å². The zero-order valence-corrected chi connectivity index (χ0v) is 14.4. The Labute approximate surface area is 147 Å². The van der Waals surface area contributed by atoms with Gasteiger partial charge in [0.15, 0.2) is 11.5 Å². The lowest BCUT2D eigenvalue weighted by atomic mass is 9.98. The third kappa shape index (κ3) is 1.97. The minimum atomic E-state index is 0.947. The van der Waals surface area contributed by atoms with Crippen molar-refractivity contribution in [1.82, 2.24) is 0 Å². The van der Waals surface area contributed by atoms with Crippen LogP contribution in [0.15, 0.2) is 66.7 Å². The van der Waals surface area contributed by atoms with Gasteiger partial charge in [0.05, 0.1) is 11.4 Å². The van der Waals surface area contributed by atoms with Crippen molar-refractivity contribution in [2.24, 2.45) is 0 Å². The number of rotatable bonds is 1. The maximum atomic E-state index is 6.53. The van der Waals surface area contributed by atoms with Crippen molar-refractivity contribution in [2.75, 3.05) is 11.9 Å². The topological polar surface area (TPSA) is 12.5 Å². The van der Waals surface area contributed by atoms with E-state index in [2.05, 4.69) is 85.6 Å². The van der Waals surface area contributed by atoms with Crippen molar-refractivity contribution in [2.45, 2.75) is 13.3 Å². The smallest absolute Gasteiger partial charge is 0.159 e. The van der Waals surface area contributed by atoms with E-state index in [1.54, 1.807) is 0 Å². The first-order valence-corrected chi connectivity index (χ1v) is 8.76. The van der Waals surface area contributed by atoms with E-state index < -0.39 is 0 Å². The van der Waals surface area contributed by atoms with Crippen LogP contribution in [0.5, 0.6) is 11.5 Å². The van der Waals surface area contributed by atoms with Gasteiger partial charge in [0.1, 0.15) is 0 Å². The van der Waals surface area contributed by atoms with Gasteiger partial charge in [-0.25, -0.2) is 0 Å². The van der Waals surface area contributed by atoms with Crippen LogP contribution in [0.3, 0.4) is 0 Å². The summed E-state index contributed by atoms with van der Waals surface area (Å²) < 4.78 is 6.53. The average Bonchev–Trinajstić information content (AvgIpc) is 2.67. The number of benzene rings is 4. The Hall–Kier alpha value is -3.00. The van der Waals surface area contributed by atoms with Crippen molar-refractivity contribution in [1.29, 1.82) is 0 Å². The normalized spacial score (nSPS) is 12.8. The van der Waals surface area contributed by atoms with Gasteiger partial charge in [-0.3, -0.25) is 0 Å². The molecule has 0 saturated heterocycles. The van der Waals surface area contributed by atoms with Crippen molar-refractivity contribution in [3.05, 3.63) is 72.3 Å². The molecule has 0 unspecified atom stereocenters. The maximum Gasteiger partial charge on any atom is 0.159 e. The van der Waals surface area contributed by atoms with Crippen LogP contribution in [0.4, 0.5) is 11.4 Å². The fourth-order valence-electron chi connectivity index (χ4n) is 3.89. The number of ether oxygens (including phenoxy) is 1. The Balaban J connectivity index is 1.85. The van der Waals surface area contributed by atoms with E-state index in [0.29, 0.717) is 0 Å². The molecular formula is C23H19NO. The van der Waals surface area contributed by atoms with E-state index >= 15 is 0 Å². The number of hydrogen-bond acceptors (Lipinski definition) is 2. The predicted octanol–water partition coefficient (Wildman–Crippen LogP) is 6.43. The summed E-state index contributed by atoms with van der Waals surface area (Å²) in [5.41, 5.74) is 3.61. The molecule has 0 bridgehead atoms. The minimum absolute atomic E-state index is 0.947. The molecule has 0 aromatic heterocycles. The average molecular weight is 325 g/mol. The summed E-state index contributed by atoms with van der Waals surface area (Å²) in [5, 5.41) is 4.82. The molecule has 0 amide bonds. The minimum Gasteiger partial charge on any atom is -0.452 e. The molecule has 0 radical (unpaired) electrons. The molecule has 0 saturated carbocycles. The van der Waals surface area contributed by atoms with Crippen molar-refractivity contribution in [3.63, 3.8) is 0 Å². The van der Waals surface area contributed by atoms with E-state index in [1.807, 2.05) is 0 Å². The molecule has 0 N–H and O–H groups in total. The lowest BCUT2D eigenvalue weighted by Crippen LogP contribution is -2.16. The molecule has 1 aliphatic heterocycles. The molecule has 1 heterocycles. The second kappa shape index (κ2) is 5.25. The Morgan fingerprint density at radius 1 is 0.760 bits per heavy atom. The van der Waals surface area contributed by atoms with Crippen molar-refractivity contribution in [3.8, 4) is 11.5 Å². The second-order valence-corrected chi connectivity index (χ2v) is 6.58. The van der Waals surface area contributed by atoms with Crippen LogP contribution in [0, 0.1) is 0 Å². The molecule has 0 spiro atoms. The van der Waals surface area contributed by atoms with Crippen LogP contribution >= 0.6 is 0 Å². The predicted molar refractivity (Wildman–Crippen MR) is 105 cm³/mol. The highest BCUT2D eigenvalue weighted by Crippen LogP contribution is 2.52. The molecule has 1 aliphatic rings. The highest BCUT2D eigenvalue weighted by Gasteiger charge is 2.26. The molecule has 0 aliphatic carbocycles. The van der Waals surface area contributed by atoms with Crippen LogP contribution in [0.2, 0.25) is 0 Å². The molecule has 4 aromatic carbocycles. The molecule has 5 rings (SSSR count). The molecule has 2 nitrogen and oxygen atoms in total. The monoisotopic (exact) mass is 325 g/mol. The molecule has 4 aromatic rings. The number of fused-ring (bicyclic) bond motifs is 6. The largest absolute Gasteiger partial charge is 0.452 e. The van der Waals surface area contributed by atoms with E-state index in [-0.39, 0.29) is 0 Å². The van der Waals surface area contributed by atoms with Gasteiger partial charge in [0, 0.05) is 17.8 Å². The molecule has 25 heavy (non-hydrogen) atoms. The summed E-state index contributed by atoms with van der Waals surface area (Å²) in [6.45, 7) is 2.21. The molecule has 0 fully saturated rings. The lowest BCUT2D eigenvalue weighted by Gasteiger charge is -2.32. The van der Waals surface area contributed by atoms with E-state index in [9.17, 15) is 0 Å². The van der Waals surface area contributed by atoms with Crippen LogP contribution < -0.4 is 9.64 Å². The highest BCUT2D eigenvalue weighted by molar-refractivity contribution is 6.02. The molecule has 0 atom stereocenters. The first-order chi connectivity index (χ1) is 12.3. The summed E-state index contributed by atoms with van der Waals surface area (Å²) in [6.07, 6.45) is 1.01. The van der Waals surface area contributed by atoms with Gasteiger partial charge < -0.3 is 9.64 Å². The van der Waals surface area contributed by atoms with Crippen LogP contribution in [0.25, 0.3) is 21.5 Å². The molecule has 2 heteroatoms. The quantitative estimate of drug-likeness (QED) is 0.400. The van der Waals surface area contributed by atoms with Gasteiger partial charge in [0.25, 0.3) is 0 Å². The number of aryl methyl sites for hydroxylation is 1. The Kier molecular flexibility index (Phi) is 3.01. The summed E-state index contributed by atoms with van der Waals surface area (Å²) in [7, 11) is 2.13. The summed E-state index contributed by atoms with van der Waals surface area (Å²) in [6, 6.07) is 23.5. The fraction of sp³-hybridized carbons (Fsp3) is 0.130. The first kappa shape index (κ1) is 14.4. The van der Waals surface area contributed by atoms with Gasteiger partial charge in [-0.15, -0.1) is 0 Å². The Bertz CT molecular complexity index is 1130. The third-order valence-corrected chi connectivity index (χ3v) is 5.23. The van der Waals surface area contributed by atoms with Crippen LogP contribution in [-0.2, 0) is 6.42 Å². The van der Waals surface area contributed by atoms with Crippen molar-refractivity contribution >= 4 is 32.9 Å². The van der Waals surface area contributed by atoms with Crippen LogP contribution in [0.1, 0.15) is 12.5 Å². The number of hydrogen-bond donors (Lipinski definition) is 0. The number of nitrogens with zero attached hydrogens (tertiary/aromatic N) is 1. The van der Waals surface area contributed by atoms with Gasteiger partial charge >= 0.3 is 0 Å². The molecule has 122 valence electrons. The molecular weight excluding hydrogens is 306 g/mol. The summed E-state index contributed by atoms with van der Waals surface area (Å²) in [5.74, 6) is 1.90. The fourth-order valence-corrected chi connectivity index (χ4v) is 3.89. The lowest BCUT2D eigenvalue weighted by molar-refractivity contribution is 0.487. The van der Waals surface area contributed by atoms with E-state index in [1.165, 1.54) is 21.7 Å². The van der Waals surface area contributed by atoms with Crippen LogP contribution in [-0.4, -0.2) is 7.05 Å². The number of anilines is 2. The summed E-state index contributed by atoms with van der Waals surface area (Å²) >= 11 is 0. The highest BCUT2D eigenvalue weighted by atomic mass is 16.5. The second-order valence-electron chi connectivity index (χ2n) is 6.58. The Morgan fingerprint density at radius 2 is 1.44 bits per heavy atom. The zero-order valence-electron chi connectivity index (χ0n) is 14.4. The zero-order chi connectivity index (χ0) is 17.0. The summed E-state index contributed by atoms with van der Waals surface area (Å²) in [4.78, 5) is 2.26.